The number of para-hydroxylation sites is 1. The first-order chi connectivity index (χ1) is 5.84. The van der Waals surface area contributed by atoms with Gasteiger partial charge in [0.05, 0.1) is 6.21 Å². The van der Waals surface area contributed by atoms with Crippen molar-refractivity contribution in [3.63, 3.8) is 0 Å². The summed E-state index contributed by atoms with van der Waals surface area (Å²) in [6.07, 6.45) is 1.82. The van der Waals surface area contributed by atoms with Crippen LogP contribution in [0, 0.1) is 0 Å². The molecule has 1 aromatic carbocycles. The lowest BCUT2D eigenvalue weighted by Gasteiger charge is -1.95. The number of phenolic OH excluding ortho intramolecular Hbond substituents is 1. The van der Waals surface area contributed by atoms with E-state index in [1.165, 1.54) is 6.21 Å². The molecule has 4 nitrogen and oxygen atoms in total. The fourth-order valence-electron chi connectivity index (χ4n) is 0.734. The summed E-state index contributed by atoms with van der Waals surface area (Å²) in [7, 11) is 0. The highest BCUT2D eigenvalue weighted by Gasteiger charge is 1.93. The van der Waals surface area contributed by atoms with Crippen molar-refractivity contribution < 1.29 is 9.90 Å². The summed E-state index contributed by atoms with van der Waals surface area (Å²) in [5.74, 6) is 0.133. The number of aromatic hydroxyl groups is 1. The Hall–Kier alpha value is -1.84. The minimum absolute atomic E-state index is 0.133. The maximum atomic E-state index is 9.79. The summed E-state index contributed by atoms with van der Waals surface area (Å²) in [6.45, 7) is 0. The van der Waals surface area contributed by atoms with E-state index in [0.717, 1.165) is 0 Å². The maximum Gasteiger partial charge on any atom is 0.227 e. The molecule has 0 spiro atoms. The fraction of sp³-hybridized carbons (Fsp3) is 0. The molecule has 1 aromatic rings. The van der Waals surface area contributed by atoms with Crippen molar-refractivity contribution in [2.24, 2.45) is 5.10 Å². The largest absolute Gasteiger partial charge is 0.507 e. The molecule has 0 saturated heterocycles. The summed E-state index contributed by atoms with van der Waals surface area (Å²) in [5, 5.41) is 12.7. The van der Waals surface area contributed by atoms with E-state index in [1.807, 2.05) is 0 Å². The van der Waals surface area contributed by atoms with Crippen LogP contribution in [-0.4, -0.2) is 17.7 Å². The van der Waals surface area contributed by atoms with Gasteiger partial charge in [0, 0.05) is 5.56 Å². The molecule has 1 rings (SSSR count). The van der Waals surface area contributed by atoms with E-state index >= 15 is 0 Å². The molecule has 0 bridgehead atoms. The van der Waals surface area contributed by atoms with E-state index in [-0.39, 0.29) is 5.75 Å². The molecule has 12 heavy (non-hydrogen) atoms. The lowest BCUT2D eigenvalue weighted by atomic mass is 10.2. The molecule has 0 saturated carbocycles. The molecule has 0 aliphatic rings. The van der Waals surface area contributed by atoms with Gasteiger partial charge in [0.2, 0.25) is 6.41 Å². The van der Waals surface area contributed by atoms with Gasteiger partial charge < -0.3 is 5.11 Å². The van der Waals surface area contributed by atoms with Crippen LogP contribution in [0.25, 0.3) is 0 Å². The Morgan fingerprint density at radius 1 is 1.42 bits per heavy atom. The van der Waals surface area contributed by atoms with Gasteiger partial charge in [-0.2, -0.15) is 5.10 Å². The third-order valence-electron chi connectivity index (χ3n) is 1.27. The highest BCUT2D eigenvalue weighted by Crippen LogP contribution is 2.12. The number of phenols is 1. The standard InChI is InChI=1S/C8H8N2O2/c11-6-10-9-5-7-3-1-2-4-8(7)12/h1-6,12H,(H,10,11)/b9-5-. The number of rotatable bonds is 3. The Labute approximate surface area is 69.5 Å². The van der Waals surface area contributed by atoms with Gasteiger partial charge in [-0.15, -0.1) is 0 Å². The minimum Gasteiger partial charge on any atom is -0.507 e. The number of hydrogen-bond acceptors (Lipinski definition) is 3. The number of carbonyl (C=O) groups is 1. The first-order valence-electron chi connectivity index (χ1n) is 3.35. The average Bonchev–Trinajstić information content (AvgIpc) is 2.09. The van der Waals surface area contributed by atoms with Crippen molar-refractivity contribution in [2.45, 2.75) is 0 Å². The zero-order valence-electron chi connectivity index (χ0n) is 6.27. The molecular weight excluding hydrogens is 156 g/mol. The Balaban J connectivity index is 2.74. The SMILES string of the molecule is O=CN/N=C\c1ccccc1O. The molecule has 0 radical (unpaired) electrons. The van der Waals surface area contributed by atoms with Crippen LogP contribution >= 0.6 is 0 Å². The molecule has 0 aliphatic heterocycles. The van der Waals surface area contributed by atoms with Crippen molar-refractivity contribution in [1.29, 1.82) is 0 Å². The molecule has 2 N–H and O–H groups in total. The van der Waals surface area contributed by atoms with Crippen molar-refractivity contribution in [3.8, 4) is 5.75 Å². The summed E-state index contributed by atoms with van der Waals surface area (Å²) >= 11 is 0. The Morgan fingerprint density at radius 3 is 2.83 bits per heavy atom. The van der Waals surface area contributed by atoms with Crippen LogP contribution in [0.5, 0.6) is 5.75 Å². The molecule has 0 atom stereocenters. The van der Waals surface area contributed by atoms with Gasteiger partial charge in [0.15, 0.2) is 0 Å². The number of carbonyl (C=O) groups excluding carboxylic acids is 1. The Morgan fingerprint density at radius 2 is 2.17 bits per heavy atom. The van der Waals surface area contributed by atoms with Gasteiger partial charge in [-0.25, -0.2) is 5.43 Å². The molecule has 0 aromatic heterocycles. The number of hydrogen-bond donors (Lipinski definition) is 2. The number of nitrogens with one attached hydrogen (secondary N) is 1. The minimum atomic E-state index is 0.133. The van der Waals surface area contributed by atoms with Gasteiger partial charge >= 0.3 is 0 Å². The maximum absolute atomic E-state index is 9.79. The predicted molar refractivity (Wildman–Crippen MR) is 44.9 cm³/mol. The molecule has 0 aliphatic carbocycles. The van der Waals surface area contributed by atoms with E-state index < -0.39 is 0 Å². The van der Waals surface area contributed by atoms with Crippen LogP contribution in [0.4, 0.5) is 0 Å². The first kappa shape index (κ1) is 8.26. The second kappa shape index (κ2) is 4.12. The summed E-state index contributed by atoms with van der Waals surface area (Å²) < 4.78 is 0. The van der Waals surface area contributed by atoms with Crippen molar-refractivity contribution >= 4 is 12.6 Å². The zero-order chi connectivity index (χ0) is 8.81. The molecule has 0 unspecified atom stereocenters. The predicted octanol–water partition coefficient (Wildman–Crippen LogP) is 0.472. The fourth-order valence-corrected chi connectivity index (χ4v) is 0.734. The van der Waals surface area contributed by atoms with E-state index in [0.29, 0.717) is 12.0 Å². The van der Waals surface area contributed by atoms with Crippen LogP contribution in [0.2, 0.25) is 0 Å². The van der Waals surface area contributed by atoms with Gasteiger partial charge in [-0.1, -0.05) is 12.1 Å². The number of hydrazone groups is 1. The molecule has 0 heterocycles. The summed E-state index contributed by atoms with van der Waals surface area (Å²) in [4.78, 5) is 9.79. The van der Waals surface area contributed by atoms with Crippen molar-refractivity contribution in [1.82, 2.24) is 5.43 Å². The quantitative estimate of drug-likeness (QED) is 0.387. The average molecular weight is 164 g/mol. The number of nitrogens with zero attached hydrogens (tertiary/aromatic N) is 1. The van der Waals surface area contributed by atoms with Crippen LogP contribution in [-0.2, 0) is 4.79 Å². The van der Waals surface area contributed by atoms with E-state index in [2.05, 4.69) is 10.5 Å². The molecule has 62 valence electrons. The number of amides is 1. The Bertz CT molecular complexity index is 297. The normalized spacial score (nSPS) is 10.0. The third kappa shape index (κ3) is 2.09. The molecule has 4 heteroatoms. The van der Waals surface area contributed by atoms with Gasteiger partial charge in [0.25, 0.3) is 0 Å². The summed E-state index contributed by atoms with van der Waals surface area (Å²) in [5.41, 5.74) is 2.66. The first-order valence-corrected chi connectivity index (χ1v) is 3.35. The van der Waals surface area contributed by atoms with Gasteiger partial charge in [-0.3, -0.25) is 4.79 Å². The van der Waals surface area contributed by atoms with Crippen LogP contribution in [0.15, 0.2) is 29.4 Å². The van der Waals surface area contributed by atoms with E-state index in [4.69, 9.17) is 0 Å². The van der Waals surface area contributed by atoms with Crippen molar-refractivity contribution in [3.05, 3.63) is 29.8 Å². The van der Waals surface area contributed by atoms with Crippen LogP contribution < -0.4 is 5.43 Å². The van der Waals surface area contributed by atoms with Gasteiger partial charge in [-0.05, 0) is 12.1 Å². The highest BCUT2D eigenvalue weighted by atomic mass is 16.3. The molecule has 1 amide bonds. The van der Waals surface area contributed by atoms with Crippen LogP contribution in [0.3, 0.4) is 0 Å². The summed E-state index contributed by atoms with van der Waals surface area (Å²) in [6, 6.07) is 6.70. The zero-order valence-corrected chi connectivity index (χ0v) is 6.27. The van der Waals surface area contributed by atoms with Crippen molar-refractivity contribution in [2.75, 3.05) is 0 Å². The van der Waals surface area contributed by atoms with E-state index in [9.17, 15) is 9.90 Å². The lowest BCUT2D eigenvalue weighted by molar-refractivity contribution is -0.109. The van der Waals surface area contributed by atoms with Crippen LogP contribution in [0.1, 0.15) is 5.56 Å². The lowest BCUT2D eigenvalue weighted by Crippen LogP contribution is -2.00. The molecule has 0 fully saturated rings. The third-order valence-corrected chi connectivity index (χ3v) is 1.27. The monoisotopic (exact) mass is 164 g/mol. The highest BCUT2D eigenvalue weighted by molar-refractivity contribution is 5.83. The molecular formula is C8H8N2O2. The second-order valence-electron chi connectivity index (χ2n) is 2.06. The number of benzene rings is 1. The van der Waals surface area contributed by atoms with Gasteiger partial charge in [0.1, 0.15) is 5.75 Å². The smallest absolute Gasteiger partial charge is 0.227 e. The second-order valence-corrected chi connectivity index (χ2v) is 2.06. The van der Waals surface area contributed by atoms with E-state index in [1.54, 1.807) is 24.3 Å². The Kier molecular flexibility index (Phi) is 2.84. The topological polar surface area (TPSA) is 61.7 Å².